The molecule has 1 fully saturated rings. The highest BCUT2D eigenvalue weighted by atomic mass is 35.5. The summed E-state index contributed by atoms with van der Waals surface area (Å²) in [7, 11) is 0. The molecule has 3 rings (SSSR count). The molecule has 0 atom stereocenters. The van der Waals surface area contributed by atoms with E-state index >= 15 is 0 Å². The first kappa shape index (κ1) is 28.0. The van der Waals surface area contributed by atoms with E-state index in [4.69, 9.17) is 31.4 Å². The molecular weight excluding hydrogens is 472 g/mol. The van der Waals surface area contributed by atoms with Crippen LogP contribution in [0.2, 0.25) is 0 Å². The van der Waals surface area contributed by atoms with E-state index in [9.17, 15) is 0 Å². The molecule has 11 heteroatoms. The SMILES string of the molecule is Cl.NC(=NO)c1ccc(OCCCN2CCN(CCCOc3ccc(C(N)=NO)cc3)CC2)cc1. The third kappa shape index (κ3) is 9.16. The van der Waals surface area contributed by atoms with E-state index in [1.165, 1.54) is 0 Å². The van der Waals surface area contributed by atoms with Gasteiger partial charge in [0.1, 0.15) is 11.5 Å². The molecule has 0 unspecified atom stereocenters. The fourth-order valence-electron chi connectivity index (χ4n) is 3.75. The number of halogens is 1. The van der Waals surface area contributed by atoms with Crippen molar-refractivity contribution in [2.45, 2.75) is 12.8 Å². The average molecular weight is 507 g/mol. The number of piperazine rings is 1. The van der Waals surface area contributed by atoms with E-state index in [2.05, 4.69) is 20.1 Å². The van der Waals surface area contributed by atoms with Crippen molar-refractivity contribution in [1.29, 1.82) is 0 Å². The van der Waals surface area contributed by atoms with Gasteiger partial charge in [-0.15, -0.1) is 12.4 Å². The largest absolute Gasteiger partial charge is 0.494 e. The first-order valence-electron chi connectivity index (χ1n) is 11.5. The smallest absolute Gasteiger partial charge is 0.170 e. The fraction of sp³-hybridized carbons (Fsp3) is 0.417. The van der Waals surface area contributed by atoms with Crippen molar-refractivity contribution in [2.75, 3.05) is 52.5 Å². The van der Waals surface area contributed by atoms with Gasteiger partial charge in [0, 0.05) is 50.4 Å². The molecule has 0 aliphatic carbocycles. The summed E-state index contributed by atoms with van der Waals surface area (Å²) in [6.07, 6.45) is 1.93. The summed E-state index contributed by atoms with van der Waals surface area (Å²) >= 11 is 0. The zero-order chi connectivity index (χ0) is 24.2. The third-order valence-electron chi connectivity index (χ3n) is 5.76. The lowest BCUT2D eigenvalue weighted by molar-refractivity contribution is 0.120. The molecule has 2 aromatic rings. The standard InChI is InChI=1S/C24H34N6O4.ClH/c25-23(27-31)19-3-7-21(8-4-19)33-17-1-11-29-13-15-30(16-14-29)12-2-18-34-22-9-5-20(6-10-22)24(26)28-32;/h3-10,31-32H,1-2,11-18H2,(H2,25,27)(H2,26,28);1H. The van der Waals surface area contributed by atoms with Crippen LogP contribution in [0.5, 0.6) is 11.5 Å². The molecule has 35 heavy (non-hydrogen) atoms. The Morgan fingerprint density at radius 1 is 0.686 bits per heavy atom. The van der Waals surface area contributed by atoms with E-state index < -0.39 is 0 Å². The van der Waals surface area contributed by atoms with Crippen molar-refractivity contribution >= 4 is 24.1 Å². The molecule has 0 aromatic heterocycles. The summed E-state index contributed by atoms with van der Waals surface area (Å²) in [5, 5.41) is 23.4. The maximum absolute atomic E-state index is 8.70. The van der Waals surface area contributed by atoms with Gasteiger partial charge >= 0.3 is 0 Å². The van der Waals surface area contributed by atoms with Crippen molar-refractivity contribution in [3.8, 4) is 11.5 Å². The number of rotatable bonds is 12. The Balaban J connectivity index is 0.00000432. The van der Waals surface area contributed by atoms with Gasteiger partial charge in [0.05, 0.1) is 13.2 Å². The number of amidine groups is 2. The molecule has 1 heterocycles. The summed E-state index contributed by atoms with van der Waals surface area (Å²) < 4.78 is 11.6. The molecule has 1 saturated heterocycles. The number of oxime groups is 2. The third-order valence-corrected chi connectivity index (χ3v) is 5.76. The lowest BCUT2D eigenvalue weighted by Crippen LogP contribution is -2.47. The first-order chi connectivity index (χ1) is 16.6. The Kier molecular flexibility index (Phi) is 12.0. The minimum absolute atomic E-state index is 0. The van der Waals surface area contributed by atoms with Gasteiger partial charge in [-0.3, -0.25) is 0 Å². The summed E-state index contributed by atoms with van der Waals surface area (Å²) in [5.41, 5.74) is 12.4. The predicted molar refractivity (Wildman–Crippen MR) is 138 cm³/mol. The average Bonchev–Trinajstić information content (AvgIpc) is 2.89. The topological polar surface area (TPSA) is 142 Å². The van der Waals surface area contributed by atoms with Crippen LogP contribution in [0.3, 0.4) is 0 Å². The normalized spacial score (nSPS) is 15.4. The number of nitrogens with two attached hydrogens (primary N) is 2. The Morgan fingerprint density at radius 2 is 1.03 bits per heavy atom. The molecule has 192 valence electrons. The highest BCUT2D eigenvalue weighted by Crippen LogP contribution is 2.14. The summed E-state index contributed by atoms with van der Waals surface area (Å²) in [4.78, 5) is 4.95. The second-order valence-electron chi connectivity index (χ2n) is 8.11. The van der Waals surface area contributed by atoms with Gasteiger partial charge in [0.2, 0.25) is 0 Å². The van der Waals surface area contributed by atoms with Gasteiger partial charge in [-0.2, -0.15) is 0 Å². The van der Waals surface area contributed by atoms with Crippen molar-refractivity contribution in [1.82, 2.24) is 9.80 Å². The highest BCUT2D eigenvalue weighted by molar-refractivity contribution is 5.97. The Morgan fingerprint density at radius 3 is 1.34 bits per heavy atom. The summed E-state index contributed by atoms with van der Waals surface area (Å²) in [5.74, 6) is 1.73. The van der Waals surface area contributed by atoms with E-state index in [1.807, 2.05) is 24.3 Å². The van der Waals surface area contributed by atoms with Gasteiger partial charge in [-0.1, -0.05) is 10.3 Å². The molecule has 1 aliphatic heterocycles. The van der Waals surface area contributed by atoms with E-state index in [-0.39, 0.29) is 24.1 Å². The van der Waals surface area contributed by atoms with Gasteiger partial charge in [0.15, 0.2) is 11.7 Å². The van der Waals surface area contributed by atoms with E-state index in [0.717, 1.165) is 63.6 Å². The maximum Gasteiger partial charge on any atom is 0.170 e. The minimum Gasteiger partial charge on any atom is -0.494 e. The molecule has 1 aliphatic rings. The second kappa shape index (κ2) is 14.9. The summed E-state index contributed by atoms with van der Waals surface area (Å²) in [6, 6.07) is 14.4. The van der Waals surface area contributed by atoms with E-state index in [0.29, 0.717) is 24.3 Å². The minimum atomic E-state index is 0. The van der Waals surface area contributed by atoms with Crippen LogP contribution in [0.15, 0.2) is 58.8 Å². The van der Waals surface area contributed by atoms with Crippen LogP contribution in [0, 0.1) is 0 Å². The van der Waals surface area contributed by atoms with Crippen molar-refractivity contribution in [3.05, 3.63) is 59.7 Å². The molecule has 0 amide bonds. The first-order valence-corrected chi connectivity index (χ1v) is 11.5. The molecule has 10 nitrogen and oxygen atoms in total. The van der Waals surface area contributed by atoms with Crippen LogP contribution in [-0.4, -0.2) is 84.4 Å². The number of benzene rings is 2. The molecule has 0 bridgehead atoms. The zero-order valence-corrected chi connectivity index (χ0v) is 20.6. The monoisotopic (exact) mass is 506 g/mol. The van der Waals surface area contributed by atoms with Gasteiger partial charge in [0.25, 0.3) is 0 Å². The van der Waals surface area contributed by atoms with Crippen LogP contribution in [0.4, 0.5) is 0 Å². The van der Waals surface area contributed by atoms with Gasteiger partial charge in [-0.05, 0) is 61.4 Å². The van der Waals surface area contributed by atoms with Crippen LogP contribution < -0.4 is 20.9 Å². The summed E-state index contributed by atoms with van der Waals surface area (Å²) in [6.45, 7) is 7.58. The molecule has 0 radical (unpaired) electrons. The Bertz CT molecular complexity index is 855. The van der Waals surface area contributed by atoms with Gasteiger partial charge in [-0.25, -0.2) is 0 Å². The second-order valence-corrected chi connectivity index (χ2v) is 8.11. The molecule has 2 aromatic carbocycles. The Hall–Kier alpha value is -3.21. The van der Waals surface area contributed by atoms with Crippen LogP contribution in [0.25, 0.3) is 0 Å². The molecular formula is C24H35ClN6O4. The lowest BCUT2D eigenvalue weighted by Gasteiger charge is -2.34. The molecule has 6 N–H and O–H groups in total. The number of ether oxygens (including phenoxy) is 2. The molecule has 0 spiro atoms. The Labute approximate surface area is 212 Å². The van der Waals surface area contributed by atoms with Crippen molar-refractivity contribution in [3.63, 3.8) is 0 Å². The number of nitrogens with zero attached hydrogens (tertiary/aromatic N) is 4. The lowest BCUT2D eigenvalue weighted by atomic mass is 10.2. The van der Waals surface area contributed by atoms with E-state index in [1.54, 1.807) is 24.3 Å². The van der Waals surface area contributed by atoms with Crippen molar-refractivity contribution < 1.29 is 19.9 Å². The molecule has 0 saturated carbocycles. The van der Waals surface area contributed by atoms with Crippen molar-refractivity contribution in [2.24, 2.45) is 21.8 Å². The van der Waals surface area contributed by atoms with Gasteiger partial charge < -0.3 is 41.2 Å². The predicted octanol–water partition coefficient (Wildman–Crippen LogP) is 2.15. The fourth-order valence-corrected chi connectivity index (χ4v) is 3.75. The highest BCUT2D eigenvalue weighted by Gasteiger charge is 2.16. The quantitative estimate of drug-likeness (QED) is 0.113. The van der Waals surface area contributed by atoms with Crippen LogP contribution >= 0.6 is 12.4 Å². The number of hydrogen-bond acceptors (Lipinski definition) is 8. The van der Waals surface area contributed by atoms with Crippen LogP contribution in [0.1, 0.15) is 24.0 Å². The zero-order valence-electron chi connectivity index (χ0n) is 19.8. The van der Waals surface area contributed by atoms with Crippen LogP contribution in [-0.2, 0) is 0 Å². The number of hydrogen-bond donors (Lipinski definition) is 4. The maximum atomic E-state index is 8.70.